The normalized spacial score (nSPS) is 14.8. The molecule has 0 aliphatic carbocycles. The van der Waals surface area contributed by atoms with Crippen LogP contribution in [-0.4, -0.2) is 30.6 Å². The molecular weight excluding hydrogens is 244 g/mol. The molecule has 0 bridgehead atoms. The Bertz CT molecular complexity index is 518. The standard InChI is InChI=1S/C14H18N2O3/c1-14(2,3)19-13(18)9-4-5-11-10(8-9)12(17)16-7-6-15-11/h4-5,8,15H,6-7H2,1-3H3,(H,16,17). The van der Waals surface area contributed by atoms with Crippen molar-refractivity contribution in [3.05, 3.63) is 29.3 Å². The van der Waals surface area contributed by atoms with Crippen molar-refractivity contribution in [3.63, 3.8) is 0 Å². The Hall–Kier alpha value is -2.04. The number of benzene rings is 1. The summed E-state index contributed by atoms with van der Waals surface area (Å²) in [6, 6.07) is 4.97. The summed E-state index contributed by atoms with van der Waals surface area (Å²) in [7, 11) is 0. The molecule has 0 saturated carbocycles. The van der Waals surface area contributed by atoms with Crippen molar-refractivity contribution in [2.45, 2.75) is 26.4 Å². The van der Waals surface area contributed by atoms with Crippen molar-refractivity contribution < 1.29 is 14.3 Å². The zero-order valence-corrected chi connectivity index (χ0v) is 11.4. The number of esters is 1. The average molecular weight is 262 g/mol. The summed E-state index contributed by atoms with van der Waals surface area (Å²) in [4.78, 5) is 23.8. The number of hydrogen-bond acceptors (Lipinski definition) is 4. The Morgan fingerprint density at radius 3 is 2.58 bits per heavy atom. The van der Waals surface area contributed by atoms with Crippen LogP contribution in [0.5, 0.6) is 0 Å². The van der Waals surface area contributed by atoms with Crippen LogP contribution in [-0.2, 0) is 4.74 Å². The second-order valence-corrected chi connectivity index (χ2v) is 5.44. The Kier molecular flexibility index (Phi) is 3.46. The van der Waals surface area contributed by atoms with Gasteiger partial charge in [0.25, 0.3) is 5.91 Å². The van der Waals surface area contributed by atoms with Crippen LogP contribution in [0, 0.1) is 0 Å². The number of carbonyl (C=O) groups is 2. The molecule has 0 atom stereocenters. The van der Waals surface area contributed by atoms with Crippen molar-refractivity contribution in [3.8, 4) is 0 Å². The minimum absolute atomic E-state index is 0.176. The maximum Gasteiger partial charge on any atom is 0.338 e. The molecule has 5 heteroatoms. The van der Waals surface area contributed by atoms with Crippen molar-refractivity contribution in [1.82, 2.24) is 5.32 Å². The SMILES string of the molecule is CC(C)(C)OC(=O)c1ccc2c(c1)C(=O)NCCN2. The van der Waals surface area contributed by atoms with Gasteiger partial charge in [-0.2, -0.15) is 0 Å². The van der Waals surface area contributed by atoms with E-state index < -0.39 is 11.6 Å². The minimum Gasteiger partial charge on any atom is -0.456 e. The number of amides is 1. The highest BCUT2D eigenvalue weighted by Crippen LogP contribution is 2.21. The largest absolute Gasteiger partial charge is 0.456 e. The van der Waals surface area contributed by atoms with Gasteiger partial charge < -0.3 is 15.4 Å². The van der Waals surface area contributed by atoms with Crippen molar-refractivity contribution in [1.29, 1.82) is 0 Å². The molecule has 1 aromatic carbocycles. The molecule has 102 valence electrons. The number of rotatable bonds is 1. The fourth-order valence-electron chi connectivity index (χ4n) is 1.82. The number of carbonyl (C=O) groups excluding carboxylic acids is 2. The lowest BCUT2D eigenvalue weighted by Gasteiger charge is -2.19. The summed E-state index contributed by atoms with van der Waals surface area (Å²) in [6.07, 6.45) is 0. The lowest BCUT2D eigenvalue weighted by Crippen LogP contribution is -2.25. The monoisotopic (exact) mass is 262 g/mol. The van der Waals surface area contributed by atoms with Gasteiger partial charge in [0.2, 0.25) is 0 Å². The van der Waals surface area contributed by atoms with Gasteiger partial charge >= 0.3 is 5.97 Å². The van der Waals surface area contributed by atoms with Crippen LogP contribution < -0.4 is 10.6 Å². The zero-order valence-electron chi connectivity index (χ0n) is 11.4. The van der Waals surface area contributed by atoms with E-state index in [1.807, 2.05) is 20.8 Å². The van der Waals surface area contributed by atoms with Gasteiger partial charge in [-0.15, -0.1) is 0 Å². The van der Waals surface area contributed by atoms with Crippen LogP contribution in [0.25, 0.3) is 0 Å². The maximum absolute atomic E-state index is 12.0. The van der Waals surface area contributed by atoms with E-state index in [-0.39, 0.29) is 5.91 Å². The molecular formula is C14H18N2O3. The molecule has 0 saturated heterocycles. The van der Waals surface area contributed by atoms with Gasteiger partial charge in [0.15, 0.2) is 0 Å². The van der Waals surface area contributed by atoms with E-state index in [0.29, 0.717) is 24.2 Å². The second-order valence-electron chi connectivity index (χ2n) is 5.44. The van der Waals surface area contributed by atoms with E-state index in [1.54, 1.807) is 18.2 Å². The smallest absolute Gasteiger partial charge is 0.338 e. The lowest BCUT2D eigenvalue weighted by atomic mass is 10.1. The predicted molar refractivity (Wildman–Crippen MR) is 72.4 cm³/mol. The van der Waals surface area contributed by atoms with E-state index in [0.717, 1.165) is 5.69 Å². The van der Waals surface area contributed by atoms with Gasteiger partial charge in [-0.1, -0.05) is 0 Å². The molecule has 0 unspecified atom stereocenters. The Labute approximate surface area is 112 Å². The number of anilines is 1. The quantitative estimate of drug-likeness (QED) is 0.757. The number of hydrogen-bond donors (Lipinski definition) is 2. The molecule has 0 aromatic heterocycles. The Balaban J connectivity index is 2.30. The van der Waals surface area contributed by atoms with Gasteiger partial charge in [-0.3, -0.25) is 4.79 Å². The highest BCUT2D eigenvalue weighted by Gasteiger charge is 2.21. The van der Waals surface area contributed by atoms with Gasteiger partial charge in [-0.25, -0.2) is 4.79 Å². The van der Waals surface area contributed by atoms with E-state index in [9.17, 15) is 9.59 Å². The second kappa shape index (κ2) is 4.91. The van der Waals surface area contributed by atoms with Crippen molar-refractivity contribution in [2.75, 3.05) is 18.4 Å². The highest BCUT2D eigenvalue weighted by molar-refractivity contribution is 6.03. The van der Waals surface area contributed by atoms with E-state index in [4.69, 9.17) is 4.74 Å². The van der Waals surface area contributed by atoms with Crippen LogP contribution in [0.15, 0.2) is 18.2 Å². The third-order valence-electron chi connectivity index (χ3n) is 2.62. The summed E-state index contributed by atoms with van der Waals surface area (Å²) in [5.41, 5.74) is 1.04. The average Bonchev–Trinajstić information content (AvgIpc) is 2.49. The summed E-state index contributed by atoms with van der Waals surface area (Å²) < 4.78 is 5.29. The van der Waals surface area contributed by atoms with Crippen LogP contribution >= 0.6 is 0 Å². The van der Waals surface area contributed by atoms with E-state index in [2.05, 4.69) is 10.6 Å². The first-order valence-corrected chi connectivity index (χ1v) is 6.26. The maximum atomic E-state index is 12.0. The molecule has 1 aromatic rings. The number of nitrogens with one attached hydrogen (secondary N) is 2. The fourth-order valence-corrected chi connectivity index (χ4v) is 1.82. The van der Waals surface area contributed by atoms with E-state index >= 15 is 0 Å². The molecule has 1 heterocycles. The third-order valence-corrected chi connectivity index (χ3v) is 2.62. The van der Waals surface area contributed by atoms with Gasteiger partial charge in [0, 0.05) is 18.8 Å². The highest BCUT2D eigenvalue weighted by atomic mass is 16.6. The Morgan fingerprint density at radius 1 is 1.21 bits per heavy atom. The zero-order chi connectivity index (χ0) is 14.0. The minimum atomic E-state index is -0.551. The van der Waals surface area contributed by atoms with Crippen LogP contribution in [0.2, 0.25) is 0 Å². The molecule has 0 fully saturated rings. The number of fused-ring (bicyclic) bond motifs is 1. The topological polar surface area (TPSA) is 67.4 Å². The van der Waals surface area contributed by atoms with Crippen molar-refractivity contribution >= 4 is 17.6 Å². The first-order valence-electron chi connectivity index (χ1n) is 6.26. The molecule has 19 heavy (non-hydrogen) atoms. The third kappa shape index (κ3) is 3.24. The van der Waals surface area contributed by atoms with Gasteiger partial charge in [0.05, 0.1) is 11.1 Å². The molecule has 5 nitrogen and oxygen atoms in total. The summed E-state index contributed by atoms with van der Waals surface area (Å²) in [5, 5.41) is 5.90. The van der Waals surface area contributed by atoms with Crippen LogP contribution in [0.3, 0.4) is 0 Å². The summed E-state index contributed by atoms with van der Waals surface area (Å²) in [5.74, 6) is -0.599. The fraction of sp³-hybridized carbons (Fsp3) is 0.429. The molecule has 2 rings (SSSR count). The first-order chi connectivity index (χ1) is 8.87. The van der Waals surface area contributed by atoms with Crippen molar-refractivity contribution in [2.24, 2.45) is 0 Å². The Morgan fingerprint density at radius 2 is 1.89 bits per heavy atom. The van der Waals surface area contributed by atoms with Gasteiger partial charge in [-0.05, 0) is 39.0 Å². The van der Waals surface area contributed by atoms with Crippen LogP contribution in [0.4, 0.5) is 5.69 Å². The molecule has 0 radical (unpaired) electrons. The summed E-state index contributed by atoms with van der Waals surface area (Å²) in [6.45, 7) is 6.66. The predicted octanol–water partition coefficient (Wildman–Crippen LogP) is 1.80. The molecule has 2 N–H and O–H groups in total. The number of ether oxygens (including phenoxy) is 1. The first kappa shape index (κ1) is 13.4. The molecule has 1 aliphatic rings. The molecule has 0 spiro atoms. The molecule has 1 amide bonds. The van der Waals surface area contributed by atoms with Crippen LogP contribution in [0.1, 0.15) is 41.5 Å². The molecule has 1 aliphatic heterocycles. The lowest BCUT2D eigenvalue weighted by molar-refractivity contribution is 0.00695. The van der Waals surface area contributed by atoms with E-state index in [1.165, 1.54) is 0 Å². The van der Waals surface area contributed by atoms with Gasteiger partial charge in [0.1, 0.15) is 5.60 Å². The summed E-state index contributed by atoms with van der Waals surface area (Å²) >= 11 is 0.